The van der Waals surface area contributed by atoms with Crippen molar-refractivity contribution in [2.75, 3.05) is 0 Å². The quantitative estimate of drug-likeness (QED) is 0.754. The SMILES string of the molecule is NS(=O)(=O)c1c(Cc2cccc(Cl)c2)ccc(O)c1O. The van der Waals surface area contributed by atoms with Crippen molar-refractivity contribution in [3.05, 3.63) is 52.5 Å². The van der Waals surface area contributed by atoms with Crippen molar-refractivity contribution in [3.8, 4) is 11.5 Å². The molecule has 5 nitrogen and oxygen atoms in total. The Morgan fingerprint density at radius 3 is 2.45 bits per heavy atom. The van der Waals surface area contributed by atoms with E-state index in [0.29, 0.717) is 5.02 Å². The molecule has 0 bridgehead atoms. The zero-order valence-electron chi connectivity index (χ0n) is 10.2. The predicted octanol–water partition coefficient (Wildman–Crippen LogP) is 1.99. The van der Waals surface area contributed by atoms with Crippen LogP contribution >= 0.6 is 11.6 Å². The molecule has 0 saturated heterocycles. The number of hydrogen-bond acceptors (Lipinski definition) is 4. The summed E-state index contributed by atoms with van der Waals surface area (Å²) in [6, 6.07) is 9.48. The van der Waals surface area contributed by atoms with Gasteiger partial charge in [0.05, 0.1) is 0 Å². The molecule has 0 unspecified atom stereocenters. The molecule has 2 aromatic carbocycles. The third-order valence-corrected chi connectivity index (χ3v) is 4.02. The van der Waals surface area contributed by atoms with Gasteiger partial charge in [-0.15, -0.1) is 0 Å². The Morgan fingerprint density at radius 1 is 1.15 bits per heavy atom. The summed E-state index contributed by atoms with van der Waals surface area (Å²) in [5.41, 5.74) is 1.04. The molecule has 2 aromatic rings. The summed E-state index contributed by atoms with van der Waals surface area (Å²) in [7, 11) is -4.16. The van der Waals surface area contributed by atoms with E-state index >= 15 is 0 Å². The van der Waals surface area contributed by atoms with Gasteiger partial charge >= 0.3 is 0 Å². The number of halogens is 1. The predicted molar refractivity (Wildman–Crippen MR) is 75.4 cm³/mol. The zero-order valence-corrected chi connectivity index (χ0v) is 11.8. The van der Waals surface area contributed by atoms with Gasteiger partial charge in [0.15, 0.2) is 11.5 Å². The maximum Gasteiger partial charge on any atom is 0.242 e. The average Bonchev–Trinajstić information content (AvgIpc) is 2.32. The van der Waals surface area contributed by atoms with Crippen molar-refractivity contribution in [2.45, 2.75) is 11.3 Å². The molecule has 2 rings (SSSR count). The number of phenolic OH excluding ortho intramolecular Hbond substituents is 2. The Bertz CT molecular complexity index is 759. The van der Waals surface area contributed by atoms with Crippen LogP contribution in [0.1, 0.15) is 11.1 Å². The largest absolute Gasteiger partial charge is 0.504 e. The molecular weight excluding hydrogens is 302 g/mol. The highest BCUT2D eigenvalue weighted by atomic mass is 35.5. The minimum absolute atomic E-state index is 0.208. The molecule has 0 atom stereocenters. The molecule has 4 N–H and O–H groups in total. The summed E-state index contributed by atoms with van der Waals surface area (Å²) >= 11 is 5.86. The number of hydrogen-bond donors (Lipinski definition) is 3. The molecule has 0 spiro atoms. The van der Waals surface area contributed by atoms with Crippen LogP contribution in [0.4, 0.5) is 0 Å². The number of primary sulfonamides is 1. The number of benzene rings is 2. The molecule has 0 aromatic heterocycles. The fourth-order valence-electron chi connectivity index (χ4n) is 1.93. The summed E-state index contributed by atoms with van der Waals surface area (Å²) in [5, 5.41) is 24.7. The summed E-state index contributed by atoms with van der Waals surface area (Å²) in [4.78, 5) is -0.475. The topological polar surface area (TPSA) is 101 Å². The van der Waals surface area contributed by atoms with Gasteiger partial charge in [-0.2, -0.15) is 0 Å². The van der Waals surface area contributed by atoms with Crippen molar-refractivity contribution in [2.24, 2.45) is 5.14 Å². The van der Waals surface area contributed by atoms with Gasteiger partial charge in [-0.05, 0) is 35.7 Å². The lowest BCUT2D eigenvalue weighted by atomic mass is 10.0. The number of phenols is 2. The highest BCUT2D eigenvalue weighted by Crippen LogP contribution is 2.35. The van der Waals surface area contributed by atoms with Crippen molar-refractivity contribution in [3.63, 3.8) is 0 Å². The van der Waals surface area contributed by atoms with Crippen LogP contribution in [0, 0.1) is 0 Å². The lowest BCUT2D eigenvalue weighted by Gasteiger charge is -2.11. The first-order valence-corrected chi connectivity index (χ1v) is 7.52. The van der Waals surface area contributed by atoms with E-state index in [1.165, 1.54) is 12.1 Å². The number of nitrogens with two attached hydrogens (primary N) is 1. The van der Waals surface area contributed by atoms with Crippen LogP contribution in [0.5, 0.6) is 11.5 Å². The second kappa shape index (κ2) is 5.32. The highest BCUT2D eigenvalue weighted by Gasteiger charge is 2.22. The van der Waals surface area contributed by atoms with Gasteiger partial charge in [-0.25, -0.2) is 13.6 Å². The Morgan fingerprint density at radius 2 is 1.85 bits per heavy atom. The maximum atomic E-state index is 11.6. The first kappa shape index (κ1) is 14.6. The number of aromatic hydroxyl groups is 2. The third-order valence-electron chi connectivity index (χ3n) is 2.76. The zero-order chi connectivity index (χ0) is 14.9. The number of rotatable bonds is 3. The van der Waals surface area contributed by atoms with Crippen molar-refractivity contribution in [1.29, 1.82) is 0 Å². The summed E-state index contributed by atoms with van der Waals surface area (Å²) in [5.74, 6) is -1.28. The van der Waals surface area contributed by atoms with Crippen LogP contribution in [0.15, 0.2) is 41.3 Å². The summed E-state index contributed by atoms with van der Waals surface area (Å²) < 4.78 is 23.1. The minimum atomic E-state index is -4.16. The van der Waals surface area contributed by atoms with Gasteiger partial charge in [0, 0.05) is 5.02 Å². The third kappa shape index (κ3) is 3.04. The van der Waals surface area contributed by atoms with Gasteiger partial charge in [0.2, 0.25) is 10.0 Å². The molecule has 20 heavy (non-hydrogen) atoms. The molecule has 0 saturated carbocycles. The van der Waals surface area contributed by atoms with Crippen molar-refractivity contribution < 1.29 is 18.6 Å². The minimum Gasteiger partial charge on any atom is -0.504 e. The van der Waals surface area contributed by atoms with Gasteiger partial charge in [0.1, 0.15) is 4.90 Å². The van der Waals surface area contributed by atoms with Gasteiger partial charge < -0.3 is 10.2 Å². The molecule has 7 heteroatoms. The van der Waals surface area contributed by atoms with Crippen molar-refractivity contribution >= 4 is 21.6 Å². The monoisotopic (exact) mass is 313 g/mol. The van der Waals surface area contributed by atoms with Crippen LogP contribution in [-0.2, 0) is 16.4 Å². The van der Waals surface area contributed by atoms with Crippen LogP contribution in [0.3, 0.4) is 0 Å². The molecule has 0 heterocycles. The Hall–Kier alpha value is -1.76. The number of sulfonamides is 1. The fourth-order valence-corrected chi connectivity index (χ4v) is 3.02. The fraction of sp³-hybridized carbons (Fsp3) is 0.0769. The lowest BCUT2D eigenvalue weighted by molar-refractivity contribution is 0.392. The highest BCUT2D eigenvalue weighted by molar-refractivity contribution is 7.89. The van der Waals surface area contributed by atoms with Crippen LogP contribution in [0.2, 0.25) is 5.02 Å². The van der Waals surface area contributed by atoms with Crippen LogP contribution < -0.4 is 5.14 Å². The lowest BCUT2D eigenvalue weighted by Crippen LogP contribution is -2.15. The molecule has 0 aliphatic heterocycles. The molecule has 0 amide bonds. The maximum absolute atomic E-state index is 11.6. The molecule has 0 aliphatic carbocycles. The van der Waals surface area contributed by atoms with E-state index in [-0.39, 0.29) is 12.0 Å². The van der Waals surface area contributed by atoms with E-state index in [0.717, 1.165) is 5.56 Å². The smallest absolute Gasteiger partial charge is 0.242 e. The Labute approximate surface area is 121 Å². The molecule has 106 valence electrons. The molecular formula is C13H12ClNO4S. The van der Waals surface area contributed by atoms with E-state index in [4.69, 9.17) is 16.7 Å². The summed E-state index contributed by atoms with van der Waals surface area (Å²) in [6.07, 6.45) is 0.208. The second-order valence-corrected chi connectivity index (χ2v) is 6.21. The van der Waals surface area contributed by atoms with E-state index in [1.54, 1.807) is 24.3 Å². The van der Waals surface area contributed by atoms with Crippen LogP contribution in [0.25, 0.3) is 0 Å². The van der Waals surface area contributed by atoms with E-state index in [2.05, 4.69) is 0 Å². The second-order valence-electron chi connectivity index (χ2n) is 4.27. The first-order valence-electron chi connectivity index (χ1n) is 5.60. The van der Waals surface area contributed by atoms with Gasteiger partial charge in [-0.3, -0.25) is 0 Å². The van der Waals surface area contributed by atoms with E-state index in [9.17, 15) is 18.6 Å². The van der Waals surface area contributed by atoms with Crippen LogP contribution in [-0.4, -0.2) is 18.6 Å². The standard InChI is InChI=1S/C13H12ClNO4S/c14-10-3-1-2-8(7-10)6-9-4-5-11(16)12(17)13(9)20(15,18)19/h1-5,7,16-17H,6H2,(H2,15,18,19). The summed E-state index contributed by atoms with van der Waals surface area (Å²) in [6.45, 7) is 0. The van der Waals surface area contributed by atoms with Gasteiger partial charge in [0.25, 0.3) is 0 Å². The average molecular weight is 314 g/mol. The Kier molecular flexibility index (Phi) is 3.89. The van der Waals surface area contributed by atoms with Crippen molar-refractivity contribution in [1.82, 2.24) is 0 Å². The molecule has 0 fully saturated rings. The molecule has 0 radical (unpaired) electrons. The molecule has 0 aliphatic rings. The first-order chi connectivity index (χ1) is 9.29. The van der Waals surface area contributed by atoms with Gasteiger partial charge in [-0.1, -0.05) is 29.8 Å². The normalized spacial score (nSPS) is 11.5. The van der Waals surface area contributed by atoms with E-state index in [1.807, 2.05) is 0 Å². The van der Waals surface area contributed by atoms with E-state index < -0.39 is 26.4 Å². The Balaban J connectivity index is 2.55.